The van der Waals surface area contributed by atoms with Crippen LogP contribution in [0.4, 0.5) is 0 Å². The molecule has 0 amide bonds. The molecule has 1 aromatic heterocycles. The molecule has 126 valence electrons. The molecular formula is C19H21NO4. The van der Waals surface area contributed by atoms with Crippen LogP contribution in [0.3, 0.4) is 0 Å². The van der Waals surface area contributed by atoms with E-state index in [-0.39, 0.29) is 13.2 Å². The Kier molecular flexibility index (Phi) is 5.27. The summed E-state index contributed by atoms with van der Waals surface area (Å²) in [5.41, 5.74) is 3.72. The summed E-state index contributed by atoms with van der Waals surface area (Å²) < 4.78 is 4.78. The number of fused-ring (bicyclic) bond motifs is 1. The Labute approximate surface area is 140 Å². The van der Waals surface area contributed by atoms with E-state index >= 15 is 0 Å². The average molecular weight is 327 g/mol. The molecule has 2 heterocycles. The summed E-state index contributed by atoms with van der Waals surface area (Å²) in [6, 6.07) is 19.0. The van der Waals surface area contributed by atoms with Gasteiger partial charge >= 0.3 is 0 Å². The minimum absolute atomic E-state index is 0.117. The van der Waals surface area contributed by atoms with Crippen LogP contribution in [0, 0.1) is 0 Å². The molecule has 3 aromatic rings. The number of H-pyrrole nitrogens is 1. The van der Waals surface area contributed by atoms with E-state index in [4.69, 9.17) is 20.1 Å². The van der Waals surface area contributed by atoms with Crippen LogP contribution in [-0.2, 0) is 4.74 Å². The van der Waals surface area contributed by atoms with Crippen molar-refractivity contribution in [1.29, 1.82) is 0 Å². The molecule has 5 heteroatoms. The second-order valence-electron chi connectivity index (χ2n) is 5.76. The number of hydrogen-bond acceptors (Lipinski definition) is 4. The van der Waals surface area contributed by atoms with E-state index in [1.165, 1.54) is 22.0 Å². The average Bonchev–Trinajstić information content (AvgIpc) is 3.22. The van der Waals surface area contributed by atoms with E-state index in [2.05, 4.69) is 53.5 Å². The van der Waals surface area contributed by atoms with E-state index in [0.717, 1.165) is 0 Å². The highest BCUT2D eigenvalue weighted by Gasteiger charge is 2.33. The normalized spacial score (nSPS) is 23.0. The number of rotatable bonds is 2. The highest BCUT2D eigenvalue weighted by Crippen LogP contribution is 2.23. The first-order valence-electron chi connectivity index (χ1n) is 7.90. The lowest BCUT2D eigenvalue weighted by Crippen LogP contribution is -2.31. The van der Waals surface area contributed by atoms with E-state index in [0.29, 0.717) is 0 Å². The first-order chi connectivity index (χ1) is 11.7. The van der Waals surface area contributed by atoms with Gasteiger partial charge in [0.2, 0.25) is 0 Å². The van der Waals surface area contributed by atoms with Gasteiger partial charge in [-0.15, -0.1) is 0 Å². The first kappa shape index (κ1) is 16.7. The van der Waals surface area contributed by atoms with Gasteiger partial charge in [-0.25, -0.2) is 0 Å². The largest absolute Gasteiger partial charge is 0.394 e. The molecule has 1 aliphatic rings. The Balaban J connectivity index is 0.000000162. The quantitative estimate of drug-likeness (QED) is 0.579. The van der Waals surface area contributed by atoms with Crippen molar-refractivity contribution in [2.45, 2.75) is 18.3 Å². The maximum atomic E-state index is 8.92. The predicted octanol–water partition coefficient (Wildman–Crippen LogP) is 1.93. The fourth-order valence-corrected chi connectivity index (χ4v) is 2.69. The number of aliphatic hydroxyl groups excluding tert-OH is 3. The number of benzene rings is 2. The molecule has 4 N–H and O–H groups in total. The number of nitrogens with one attached hydrogen (secondary N) is 1. The van der Waals surface area contributed by atoms with Crippen LogP contribution in [0.25, 0.3) is 22.0 Å². The van der Waals surface area contributed by atoms with Gasteiger partial charge in [-0.3, -0.25) is 0 Å². The van der Waals surface area contributed by atoms with Crippen LogP contribution in [0.1, 0.15) is 0 Å². The Morgan fingerprint density at radius 1 is 1.00 bits per heavy atom. The lowest BCUT2D eigenvalue weighted by molar-refractivity contribution is -0.00588. The summed E-state index contributed by atoms with van der Waals surface area (Å²) in [5, 5.41) is 27.5. The van der Waals surface area contributed by atoms with Gasteiger partial charge in [-0.1, -0.05) is 36.4 Å². The Bertz CT molecular complexity index is 771. The van der Waals surface area contributed by atoms with Crippen molar-refractivity contribution < 1.29 is 20.1 Å². The Morgan fingerprint density at radius 3 is 2.42 bits per heavy atom. The summed E-state index contributed by atoms with van der Waals surface area (Å²) in [7, 11) is 0. The number of ether oxygens (including phenoxy) is 1. The maximum Gasteiger partial charge on any atom is 0.110 e. The summed E-state index contributed by atoms with van der Waals surface area (Å²) in [6.45, 7) is -0.120. The molecule has 1 saturated heterocycles. The van der Waals surface area contributed by atoms with Gasteiger partial charge in [0.25, 0.3) is 0 Å². The molecule has 0 bridgehead atoms. The number of hydrogen-bond donors (Lipinski definition) is 4. The lowest BCUT2D eigenvalue weighted by atomic mass is 10.0. The smallest absolute Gasteiger partial charge is 0.110 e. The van der Waals surface area contributed by atoms with Crippen molar-refractivity contribution in [3.05, 3.63) is 60.8 Å². The van der Waals surface area contributed by atoms with Crippen molar-refractivity contribution in [3.63, 3.8) is 0 Å². The number of aliphatic hydroxyl groups is 3. The second-order valence-corrected chi connectivity index (χ2v) is 5.76. The molecule has 2 aromatic carbocycles. The van der Waals surface area contributed by atoms with Crippen molar-refractivity contribution >= 4 is 10.9 Å². The van der Waals surface area contributed by atoms with E-state index in [1.807, 2.05) is 12.3 Å². The Morgan fingerprint density at radius 2 is 1.79 bits per heavy atom. The van der Waals surface area contributed by atoms with Gasteiger partial charge in [0.1, 0.15) is 18.3 Å². The van der Waals surface area contributed by atoms with Crippen molar-refractivity contribution in [2.24, 2.45) is 0 Å². The highest BCUT2D eigenvalue weighted by molar-refractivity contribution is 5.84. The van der Waals surface area contributed by atoms with Gasteiger partial charge < -0.3 is 25.0 Å². The molecule has 4 rings (SSSR count). The summed E-state index contributed by atoms with van der Waals surface area (Å²) >= 11 is 0. The summed E-state index contributed by atoms with van der Waals surface area (Å²) in [5.74, 6) is 0. The van der Waals surface area contributed by atoms with Gasteiger partial charge in [0.05, 0.1) is 13.2 Å². The molecule has 3 atom stereocenters. The number of aromatic amines is 1. The second kappa shape index (κ2) is 7.59. The zero-order valence-corrected chi connectivity index (χ0v) is 13.2. The molecule has 1 aliphatic heterocycles. The maximum absolute atomic E-state index is 8.92. The minimum atomic E-state index is -0.921. The fraction of sp³-hybridized carbons (Fsp3) is 0.263. The van der Waals surface area contributed by atoms with Gasteiger partial charge in [-0.2, -0.15) is 0 Å². The van der Waals surface area contributed by atoms with Crippen molar-refractivity contribution in [3.8, 4) is 11.1 Å². The molecule has 0 spiro atoms. The molecule has 0 radical (unpaired) electrons. The summed E-state index contributed by atoms with van der Waals surface area (Å²) in [6.07, 6.45) is -0.378. The molecule has 0 unspecified atom stereocenters. The lowest BCUT2D eigenvalue weighted by Gasteiger charge is -2.10. The summed E-state index contributed by atoms with van der Waals surface area (Å²) in [4.78, 5) is 3.20. The molecule has 0 aliphatic carbocycles. The topological polar surface area (TPSA) is 85.7 Å². The van der Waals surface area contributed by atoms with E-state index < -0.39 is 18.3 Å². The van der Waals surface area contributed by atoms with Gasteiger partial charge in [-0.05, 0) is 34.7 Å². The van der Waals surface area contributed by atoms with Gasteiger partial charge in [0, 0.05) is 11.7 Å². The van der Waals surface area contributed by atoms with Crippen molar-refractivity contribution in [1.82, 2.24) is 4.98 Å². The molecule has 24 heavy (non-hydrogen) atoms. The zero-order valence-electron chi connectivity index (χ0n) is 13.2. The van der Waals surface area contributed by atoms with Crippen molar-refractivity contribution in [2.75, 3.05) is 13.2 Å². The minimum Gasteiger partial charge on any atom is -0.394 e. The third-order valence-electron chi connectivity index (χ3n) is 4.10. The van der Waals surface area contributed by atoms with Crippen LogP contribution in [-0.4, -0.2) is 51.8 Å². The fourth-order valence-electron chi connectivity index (χ4n) is 2.69. The standard InChI is InChI=1S/C14H11N.C5H10O4/c1-2-4-11(5-3-1)12-6-7-14-13(10-12)8-9-15-14;6-1-4-5(8)3(7)2-9-4/h1-10,15H;3-8H,1-2H2/t;3-,4+,5-/m.0/s1. The molecular weight excluding hydrogens is 306 g/mol. The van der Waals surface area contributed by atoms with Crippen LogP contribution in [0.5, 0.6) is 0 Å². The molecule has 1 fully saturated rings. The molecule has 5 nitrogen and oxygen atoms in total. The SMILES string of the molecule is OC[C@H]1OC[C@H](O)[C@@H]1O.c1ccc(-c2ccc3[nH]ccc3c2)cc1. The first-order valence-corrected chi connectivity index (χ1v) is 7.90. The molecule has 0 saturated carbocycles. The van der Waals surface area contributed by atoms with Crippen LogP contribution in [0.2, 0.25) is 0 Å². The van der Waals surface area contributed by atoms with E-state index in [9.17, 15) is 0 Å². The number of aromatic nitrogens is 1. The van der Waals surface area contributed by atoms with Crippen LogP contribution >= 0.6 is 0 Å². The Hall–Kier alpha value is -2.18. The monoisotopic (exact) mass is 327 g/mol. The van der Waals surface area contributed by atoms with Crippen LogP contribution in [0.15, 0.2) is 60.8 Å². The van der Waals surface area contributed by atoms with Gasteiger partial charge in [0.15, 0.2) is 0 Å². The predicted molar refractivity (Wildman–Crippen MR) is 92.6 cm³/mol. The third-order valence-corrected chi connectivity index (χ3v) is 4.10. The third kappa shape index (κ3) is 3.66. The highest BCUT2D eigenvalue weighted by atomic mass is 16.5. The zero-order chi connectivity index (χ0) is 16.9. The van der Waals surface area contributed by atoms with E-state index in [1.54, 1.807) is 0 Å². The van der Waals surface area contributed by atoms with Crippen LogP contribution < -0.4 is 0 Å².